The highest BCUT2D eigenvalue weighted by molar-refractivity contribution is 7.10. The number of rotatable bonds is 8. The predicted octanol–water partition coefficient (Wildman–Crippen LogP) is 5.68. The molecule has 184 valence electrons. The number of likely N-dealkylation sites (N-methyl/N-ethyl adjacent to an activating group) is 1. The van der Waals surface area contributed by atoms with Gasteiger partial charge in [-0.15, -0.1) is 11.3 Å². The Morgan fingerprint density at radius 1 is 1.14 bits per heavy atom. The molecule has 0 saturated carbocycles. The molecule has 0 unspecified atom stereocenters. The molecular weight excluding hydrogens is 463 g/mol. The monoisotopic (exact) mass is 494 g/mol. The van der Waals surface area contributed by atoms with E-state index in [1.165, 1.54) is 27.5 Å². The Labute approximate surface area is 210 Å². The van der Waals surface area contributed by atoms with Crippen molar-refractivity contribution in [3.8, 4) is 5.75 Å². The number of hydrogen-bond donors (Lipinski definition) is 0. The maximum atomic E-state index is 14.2. The molecule has 1 atom stereocenters. The van der Waals surface area contributed by atoms with Gasteiger partial charge in [0.2, 0.25) is 5.91 Å². The van der Waals surface area contributed by atoms with E-state index in [4.69, 9.17) is 4.74 Å². The van der Waals surface area contributed by atoms with Gasteiger partial charge in [0, 0.05) is 18.0 Å². The van der Waals surface area contributed by atoms with Crippen molar-refractivity contribution in [1.29, 1.82) is 0 Å². The lowest BCUT2D eigenvalue weighted by molar-refractivity contribution is -0.135. The Morgan fingerprint density at radius 2 is 1.89 bits per heavy atom. The number of amides is 2. The Kier molecular flexibility index (Phi) is 7.86. The van der Waals surface area contributed by atoms with Crippen LogP contribution in [0.5, 0.6) is 5.75 Å². The third-order valence-corrected chi connectivity index (χ3v) is 7.47. The lowest BCUT2D eigenvalue weighted by Gasteiger charge is -2.37. The molecule has 2 aromatic carbocycles. The van der Waals surface area contributed by atoms with Crippen molar-refractivity contribution in [2.75, 3.05) is 26.2 Å². The second-order valence-electron chi connectivity index (χ2n) is 8.99. The van der Waals surface area contributed by atoms with E-state index in [0.29, 0.717) is 25.6 Å². The minimum absolute atomic E-state index is 0.0226. The van der Waals surface area contributed by atoms with E-state index >= 15 is 0 Å². The molecule has 7 heteroatoms. The summed E-state index contributed by atoms with van der Waals surface area (Å²) in [7, 11) is 0. The predicted molar refractivity (Wildman–Crippen MR) is 136 cm³/mol. The first kappa shape index (κ1) is 24.9. The SMILES string of the molecule is CCN(CC(=O)N1CCc2sccc2[C@@H]1COc1ccc(C(C)C)cc1)C(=O)c1ccccc1F. The average Bonchev–Trinajstić information content (AvgIpc) is 3.35. The van der Waals surface area contributed by atoms with Crippen molar-refractivity contribution in [2.24, 2.45) is 0 Å². The summed E-state index contributed by atoms with van der Waals surface area (Å²) in [4.78, 5) is 30.8. The van der Waals surface area contributed by atoms with Crippen LogP contribution in [0.25, 0.3) is 0 Å². The molecule has 1 aromatic heterocycles. The summed E-state index contributed by atoms with van der Waals surface area (Å²) in [5.41, 5.74) is 2.31. The van der Waals surface area contributed by atoms with Crippen LogP contribution in [0.2, 0.25) is 0 Å². The van der Waals surface area contributed by atoms with Gasteiger partial charge in [-0.05, 0) is 66.1 Å². The third-order valence-electron chi connectivity index (χ3n) is 6.47. The number of ether oxygens (including phenoxy) is 1. The van der Waals surface area contributed by atoms with Crippen molar-refractivity contribution in [2.45, 2.75) is 39.2 Å². The zero-order valence-electron chi connectivity index (χ0n) is 20.4. The summed E-state index contributed by atoms with van der Waals surface area (Å²) >= 11 is 1.69. The fourth-order valence-corrected chi connectivity index (χ4v) is 5.31. The molecular formula is C28H31FN2O3S. The third kappa shape index (κ3) is 5.56. The van der Waals surface area contributed by atoms with Crippen LogP contribution in [0, 0.1) is 5.82 Å². The van der Waals surface area contributed by atoms with Crippen LogP contribution in [-0.4, -0.2) is 47.9 Å². The largest absolute Gasteiger partial charge is 0.491 e. The first-order valence-electron chi connectivity index (χ1n) is 12.0. The molecule has 4 rings (SSSR count). The van der Waals surface area contributed by atoms with Crippen LogP contribution in [-0.2, 0) is 11.2 Å². The van der Waals surface area contributed by atoms with E-state index < -0.39 is 11.7 Å². The quantitative estimate of drug-likeness (QED) is 0.405. The van der Waals surface area contributed by atoms with Crippen LogP contribution in [0.4, 0.5) is 4.39 Å². The molecule has 0 saturated heterocycles. The molecule has 1 aliphatic heterocycles. The second-order valence-corrected chi connectivity index (χ2v) is 9.99. The average molecular weight is 495 g/mol. The molecule has 0 aliphatic carbocycles. The summed E-state index contributed by atoms with van der Waals surface area (Å²) < 4.78 is 20.3. The van der Waals surface area contributed by atoms with Crippen molar-refractivity contribution in [3.05, 3.63) is 87.4 Å². The highest BCUT2D eigenvalue weighted by Crippen LogP contribution is 2.34. The van der Waals surface area contributed by atoms with Crippen molar-refractivity contribution < 1.29 is 18.7 Å². The Morgan fingerprint density at radius 3 is 2.57 bits per heavy atom. The maximum Gasteiger partial charge on any atom is 0.257 e. The molecule has 0 N–H and O–H groups in total. The van der Waals surface area contributed by atoms with Crippen LogP contribution in [0.15, 0.2) is 60.0 Å². The van der Waals surface area contributed by atoms with E-state index in [9.17, 15) is 14.0 Å². The Bertz CT molecular complexity index is 1170. The highest BCUT2D eigenvalue weighted by atomic mass is 32.1. The molecule has 0 fully saturated rings. The molecule has 35 heavy (non-hydrogen) atoms. The van der Waals surface area contributed by atoms with Crippen LogP contribution in [0.3, 0.4) is 0 Å². The molecule has 2 heterocycles. The van der Waals surface area contributed by atoms with Gasteiger partial charge in [-0.1, -0.05) is 38.1 Å². The van der Waals surface area contributed by atoms with Gasteiger partial charge in [-0.3, -0.25) is 9.59 Å². The van der Waals surface area contributed by atoms with Gasteiger partial charge >= 0.3 is 0 Å². The highest BCUT2D eigenvalue weighted by Gasteiger charge is 2.33. The van der Waals surface area contributed by atoms with Gasteiger partial charge in [-0.25, -0.2) is 4.39 Å². The molecule has 0 spiro atoms. The Balaban J connectivity index is 1.49. The lowest BCUT2D eigenvalue weighted by Crippen LogP contribution is -2.47. The van der Waals surface area contributed by atoms with E-state index in [-0.39, 0.29) is 24.1 Å². The zero-order chi connectivity index (χ0) is 24.9. The minimum Gasteiger partial charge on any atom is -0.491 e. The fraction of sp³-hybridized carbons (Fsp3) is 0.357. The van der Waals surface area contributed by atoms with Crippen LogP contribution >= 0.6 is 11.3 Å². The van der Waals surface area contributed by atoms with E-state index in [1.807, 2.05) is 17.5 Å². The smallest absolute Gasteiger partial charge is 0.257 e. The van der Waals surface area contributed by atoms with Gasteiger partial charge < -0.3 is 14.5 Å². The first-order valence-corrected chi connectivity index (χ1v) is 12.9. The number of carbonyl (C=O) groups excluding carboxylic acids is 2. The summed E-state index contributed by atoms with van der Waals surface area (Å²) in [5.74, 6) is -0.0343. The zero-order valence-corrected chi connectivity index (χ0v) is 21.2. The van der Waals surface area contributed by atoms with Crippen LogP contribution < -0.4 is 4.74 Å². The van der Waals surface area contributed by atoms with Crippen molar-refractivity contribution in [3.63, 3.8) is 0 Å². The number of hydrogen-bond acceptors (Lipinski definition) is 4. The number of thiophene rings is 1. The van der Waals surface area contributed by atoms with Crippen molar-refractivity contribution in [1.82, 2.24) is 9.80 Å². The summed E-state index contributed by atoms with van der Waals surface area (Å²) in [6.45, 7) is 7.16. The standard InChI is InChI=1S/C28H31FN2O3S/c1-4-30(28(33)22-7-5-6-8-24(22)29)17-27(32)31-15-13-26-23(14-16-35-26)25(31)18-34-21-11-9-20(10-12-21)19(2)3/h5-12,14,16,19,25H,4,13,15,17-18H2,1-3H3/t25-/m0/s1. The number of fused-ring (bicyclic) bond motifs is 1. The first-order chi connectivity index (χ1) is 16.9. The summed E-state index contributed by atoms with van der Waals surface area (Å²) in [6.07, 6.45) is 0.770. The number of nitrogens with zero attached hydrogens (tertiary/aromatic N) is 2. The fourth-order valence-electron chi connectivity index (χ4n) is 4.39. The number of benzene rings is 2. The van der Waals surface area contributed by atoms with Crippen molar-refractivity contribution >= 4 is 23.2 Å². The van der Waals surface area contributed by atoms with E-state index in [0.717, 1.165) is 17.7 Å². The summed E-state index contributed by atoms with van der Waals surface area (Å²) in [6, 6.07) is 15.7. The van der Waals surface area contributed by atoms with Gasteiger partial charge in [0.25, 0.3) is 5.91 Å². The molecule has 1 aliphatic rings. The lowest BCUT2D eigenvalue weighted by atomic mass is 10.00. The molecule has 0 radical (unpaired) electrons. The maximum absolute atomic E-state index is 14.2. The summed E-state index contributed by atoms with van der Waals surface area (Å²) in [5, 5.41) is 2.04. The second kappa shape index (κ2) is 11.0. The Hall–Kier alpha value is -3.19. The van der Waals surface area contributed by atoms with Gasteiger partial charge in [-0.2, -0.15) is 0 Å². The van der Waals surface area contributed by atoms with Crippen LogP contribution in [0.1, 0.15) is 59.1 Å². The van der Waals surface area contributed by atoms with E-state index in [1.54, 1.807) is 35.3 Å². The van der Waals surface area contributed by atoms with Gasteiger partial charge in [0.05, 0.1) is 11.6 Å². The minimum atomic E-state index is -0.584. The molecule has 2 amide bonds. The molecule has 0 bridgehead atoms. The number of halogens is 1. The van der Waals surface area contributed by atoms with Gasteiger partial charge in [0.15, 0.2) is 0 Å². The molecule has 3 aromatic rings. The number of carbonyl (C=O) groups is 2. The normalized spacial score (nSPS) is 15.1. The van der Waals surface area contributed by atoms with Gasteiger partial charge in [0.1, 0.15) is 24.7 Å². The molecule has 5 nitrogen and oxygen atoms in total. The topological polar surface area (TPSA) is 49.9 Å². The van der Waals surface area contributed by atoms with E-state index in [2.05, 4.69) is 32.0 Å².